The van der Waals surface area contributed by atoms with Crippen molar-refractivity contribution in [3.8, 4) is 0 Å². The zero-order chi connectivity index (χ0) is 14.6. The van der Waals surface area contributed by atoms with Crippen molar-refractivity contribution in [1.29, 1.82) is 0 Å². The third kappa shape index (κ3) is 4.22. The molecule has 19 heavy (non-hydrogen) atoms. The van der Waals surface area contributed by atoms with Gasteiger partial charge in [0.15, 0.2) is 0 Å². The molecule has 0 unspecified atom stereocenters. The molecule has 0 aromatic heterocycles. The number of benzene rings is 1. The van der Waals surface area contributed by atoms with Gasteiger partial charge in [-0.15, -0.1) is 0 Å². The fraction of sp³-hybridized carbons (Fsp3) is 0.385. The Bertz CT molecular complexity index is 477. The lowest BCUT2D eigenvalue weighted by atomic mass is 10.0. The van der Waals surface area contributed by atoms with E-state index in [9.17, 15) is 9.59 Å². The summed E-state index contributed by atoms with van der Waals surface area (Å²) in [6.07, 6.45) is 0. The maximum atomic E-state index is 12.2. The molecule has 1 amide bonds. The predicted octanol–water partition coefficient (Wildman–Crippen LogP) is 1.74. The fourth-order valence-corrected chi connectivity index (χ4v) is 1.73. The van der Waals surface area contributed by atoms with Gasteiger partial charge < -0.3 is 10.8 Å². The maximum Gasteiger partial charge on any atom is 0.323 e. The molecule has 0 radical (unpaired) electrons. The first-order chi connectivity index (χ1) is 8.82. The topological polar surface area (TPSA) is 83.6 Å². The molecule has 0 fully saturated rings. The molecule has 0 aliphatic heterocycles. The Morgan fingerprint density at radius 2 is 2.05 bits per heavy atom. The Balaban J connectivity index is 3.08. The second kappa shape index (κ2) is 6.54. The molecule has 5 nitrogen and oxygen atoms in total. The first kappa shape index (κ1) is 15.5. The first-order valence-electron chi connectivity index (χ1n) is 5.87. The van der Waals surface area contributed by atoms with Crippen LogP contribution >= 0.6 is 11.6 Å². The van der Waals surface area contributed by atoms with E-state index in [1.165, 1.54) is 6.07 Å². The van der Waals surface area contributed by atoms with Gasteiger partial charge in [-0.25, -0.2) is 0 Å². The second-order valence-electron chi connectivity index (χ2n) is 4.57. The average molecular weight is 285 g/mol. The number of carbonyl (C=O) groups is 2. The van der Waals surface area contributed by atoms with Gasteiger partial charge in [0.25, 0.3) is 0 Å². The summed E-state index contributed by atoms with van der Waals surface area (Å²) < 4.78 is 0. The predicted molar refractivity (Wildman–Crippen MR) is 74.3 cm³/mol. The molecule has 0 bridgehead atoms. The van der Waals surface area contributed by atoms with Crippen LogP contribution in [0, 0.1) is 5.92 Å². The number of carbonyl (C=O) groups excluding carboxylic acids is 1. The molecule has 1 aromatic carbocycles. The lowest BCUT2D eigenvalue weighted by Gasteiger charge is -2.26. The highest BCUT2D eigenvalue weighted by Gasteiger charge is 2.26. The Morgan fingerprint density at radius 3 is 2.53 bits per heavy atom. The summed E-state index contributed by atoms with van der Waals surface area (Å²) in [5, 5.41) is 9.35. The molecule has 1 rings (SSSR count). The number of nitrogens with two attached hydrogens (primary N) is 1. The number of anilines is 1. The van der Waals surface area contributed by atoms with Crippen LogP contribution in [-0.2, 0) is 9.59 Å². The highest BCUT2D eigenvalue weighted by atomic mass is 35.5. The molecule has 0 aliphatic rings. The Kier molecular flexibility index (Phi) is 5.32. The molecule has 0 spiro atoms. The Labute approximate surface area is 117 Å². The van der Waals surface area contributed by atoms with Crippen molar-refractivity contribution >= 4 is 29.2 Å². The molecule has 104 valence electrons. The summed E-state index contributed by atoms with van der Waals surface area (Å²) >= 11 is 5.86. The monoisotopic (exact) mass is 284 g/mol. The molecule has 0 aliphatic carbocycles. The number of carboxylic acids is 1. The standard InChI is InChI=1S/C13H17ClN2O3/c1-8(2)12(15)13(19)16(7-11(17)18)10-5-3-4-9(14)6-10/h3-6,8,12H,7,15H2,1-2H3,(H,17,18)/t12-/m1/s1. The SMILES string of the molecule is CC(C)[C@@H](N)C(=O)N(CC(=O)O)c1cccc(Cl)c1. The van der Waals surface area contributed by atoms with E-state index in [0.29, 0.717) is 10.7 Å². The Hall–Kier alpha value is -1.59. The van der Waals surface area contributed by atoms with Crippen LogP contribution in [0.2, 0.25) is 5.02 Å². The van der Waals surface area contributed by atoms with Gasteiger partial charge in [0.2, 0.25) is 5.91 Å². The number of halogens is 1. The minimum Gasteiger partial charge on any atom is -0.480 e. The molecule has 1 aromatic rings. The van der Waals surface area contributed by atoms with Crippen molar-refractivity contribution in [1.82, 2.24) is 0 Å². The normalized spacial score (nSPS) is 12.3. The molecule has 0 saturated carbocycles. The molecule has 1 atom stereocenters. The van der Waals surface area contributed by atoms with E-state index in [-0.39, 0.29) is 5.92 Å². The summed E-state index contributed by atoms with van der Waals surface area (Å²) in [6.45, 7) is 3.17. The quantitative estimate of drug-likeness (QED) is 0.863. The summed E-state index contributed by atoms with van der Waals surface area (Å²) in [5.41, 5.74) is 6.22. The van der Waals surface area contributed by atoms with E-state index in [1.54, 1.807) is 32.0 Å². The van der Waals surface area contributed by atoms with Crippen LogP contribution in [0.3, 0.4) is 0 Å². The number of hydrogen-bond acceptors (Lipinski definition) is 3. The van der Waals surface area contributed by atoms with Crippen LogP contribution < -0.4 is 10.6 Å². The first-order valence-corrected chi connectivity index (χ1v) is 6.25. The van der Waals surface area contributed by atoms with Gasteiger partial charge in [-0.1, -0.05) is 31.5 Å². The molecular weight excluding hydrogens is 268 g/mol. The molecular formula is C13H17ClN2O3. The number of aliphatic carboxylic acids is 1. The van der Waals surface area contributed by atoms with E-state index in [4.69, 9.17) is 22.4 Å². The highest BCUT2D eigenvalue weighted by molar-refractivity contribution is 6.31. The smallest absolute Gasteiger partial charge is 0.323 e. The number of amides is 1. The zero-order valence-electron chi connectivity index (χ0n) is 10.8. The molecule has 0 saturated heterocycles. The second-order valence-corrected chi connectivity index (χ2v) is 5.00. The summed E-state index contributed by atoms with van der Waals surface area (Å²) in [6, 6.07) is 5.71. The minimum atomic E-state index is -1.11. The van der Waals surface area contributed by atoms with Crippen molar-refractivity contribution in [3.05, 3.63) is 29.3 Å². The molecule has 0 heterocycles. The van der Waals surface area contributed by atoms with Crippen LogP contribution in [0.1, 0.15) is 13.8 Å². The number of carboxylic acid groups (broad SMARTS) is 1. The third-order valence-corrected chi connectivity index (χ3v) is 2.92. The number of nitrogens with zero attached hydrogens (tertiary/aromatic N) is 1. The number of hydrogen-bond donors (Lipinski definition) is 2. The van der Waals surface area contributed by atoms with Gasteiger partial charge >= 0.3 is 5.97 Å². The zero-order valence-corrected chi connectivity index (χ0v) is 11.6. The lowest BCUT2D eigenvalue weighted by Crippen LogP contribution is -2.48. The highest BCUT2D eigenvalue weighted by Crippen LogP contribution is 2.20. The van der Waals surface area contributed by atoms with Crippen LogP contribution in [0.15, 0.2) is 24.3 Å². The largest absolute Gasteiger partial charge is 0.480 e. The van der Waals surface area contributed by atoms with Crippen molar-refractivity contribution in [2.75, 3.05) is 11.4 Å². The van der Waals surface area contributed by atoms with Crippen molar-refractivity contribution in [3.63, 3.8) is 0 Å². The van der Waals surface area contributed by atoms with Gasteiger partial charge in [-0.2, -0.15) is 0 Å². The summed E-state index contributed by atoms with van der Waals surface area (Å²) in [7, 11) is 0. The van der Waals surface area contributed by atoms with Crippen molar-refractivity contribution in [2.45, 2.75) is 19.9 Å². The van der Waals surface area contributed by atoms with E-state index in [1.807, 2.05) is 0 Å². The van der Waals surface area contributed by atoms with Crippen LogP contribution in [0.5, 0.6) is 0 Å². The van der Waals surface area contributed by atoms with Crippen molar-refractivity contribution in [2.24, 2.45) is 11.7 Å². The maximum absolute atomic E-state index is 12.2. The minimum absolute atomic E-state index is 0.0806. The van der Waals surface area contributed by atoms with Gasteiger partial charge in [0.05, 0.1) is 6.04 Å². The van der Waals surface area contributed by atoms with Gasteiger partial charge in [-0.3, -0.25) is 14.5 Å². The summed E-state index contributed by atoms with van der Waals surface area (Å²) in [5.74, 6) is -1.62. The molecule has 3 N–H and O–H groups in total. The van der Waals surface area contributed by atoms with Gasteiger partial charge in [0, 0.05) is 10.7 Å². The third-order valence-electron chi connectivity index (χ3n) is 2.68. The van der Waals surface area contributed by atoms with Crippen LogP contribution in [0.4, 0.5) is 5.69 Å². The van der Waals surface area contributed by atoms with Gasteiger partial charge in [-0.05, 0) is 24.1 Å². The summed E-state index contributed by atoms with van der Waals surface area (Å²) in [4.78, 5) is 24.3. The van der Waals surface area contributed by atoms with E-state index in [2.05, 4.69) is 0 Å². The fourth-order valence-electron chi connectivity index (χ4n) is 1.54. The van der Waals surface area contributed by atoms with Gasteiger partial charge in [0.1, 0.15) is 6.54 Å². The lowest BCUT2D eigenvalue weighted by molar-refractivity contribution is -0.136. The van der Waals surface area contributed by atoms with Crippen molar-refractivity contribution < 1.29 is 14.7 Å². The average Bonchev–Trinajstić information content (AvgIpc) is 2.33. The molecule has 6 heteroatoms. The van der Waals surface area contributed by atoms with E-state index < -0.39 is 24.5 Å². The van der Waals surface area contributed by atoms with E-state index in [0.717, 1.165) is 4.90 Å². The van der Waals surface area contributed by atoms with Crippen LogP contribution in [-0.4, -0.2) is 29.6 Å². The van der Waals surface area contributed by atoms with Crippen LogP contribution in [0.25, 0.3) is 0 Å². The van der Waals surface area contributed by atoms with E-state index >= 15 is 0 Å². The number of rotatable bonds is 5. The Morgan fingerprint density at radius 1 is 1.42 bits per heavy atom.